The number of benzene rings is 1. The average molecular weight is 386 g/mol. The van der Waals surface area contributed by atoms with Crippen molar-refractivity contribution < 1.29 is 23.7 Å². The van der Waals surface area contributed by atoms with Crippen LogP contribution in [0.2, 0.25) is 0 Å². The Morgan fingerprint density at radius 2 is 1.68 bits per heavy atom. The Balaban J connectivity index is 1.72. The second-order valence-corrected chi connectivity index (χ2v) is 6.22. The molecule has 2 heterocycles. The van der Waals surface area contributed by atoms with E-state index in [0.717, 1.165) is 0 Å². The Hall–Kier alpha value is -2.96. The number of aromatic nitrogens is 1. The number of likely N-dealkylation sites (tertiary alicyclic amines) is 1. The summed E-state index contributed by atoms with van der Waals surface area (Å²) in [6, 6.07) is 8.94. The van der Waals surface area contributed by atoms with Gasteiger partial charge in [0.25, 0.3) is 5.91 Å². The monoisotopic (exact) mass is 386 g/mol. The zero-order valence-corrected chi connectivity index (χ0v) is 16.5. The van der Waals surface area contributed by atoms with Gasteiger partial charge in [0.1, 0.15) is 6.10 Å². The molecule has 0 saturated carbocycles. The third-order valence-corrected chi connectivity index (χ3v) is 4.22. The Morgan fingerprint density at radius 3 is 2.21 bits per heavy atom. The van der Waals surface area contributed by atoms with Crippen molar-refractivity contribution >= 4 is 5.91 Å². The third kappa shape index (κ3) is 4.47. The average Bonchev–Trinajstić information content (AvgIpc) is 2.67. The number of ether oxygens (including phenoxy) is 4. The van der Waals surface area contributed by atoms with Crippen molar-refractivity contribution in [3.05, 3.63) is 42.1 Å². The number of carbonyl (C=O) groups excluding carboxylic acids is 1. The molecule has 7 nitrogen and oxygen atoms in total. The van der Waals surface area contributed by atoms with Gasteiger partial charge in [-0.25, -0.2) is 4.98 Å². The second-order valence-electron chi connectivity index (χ2n) is 6.22. The fraction of sp³-hybridized carbons (Fsp3) is 0.429. The van der Waals surface area contributed by atoms with Gasteiger partial charge in [0.05, 0.1) is 32.9 Å². The van der Waals surface area contributed by atoms with E-state index in [0.29, 0.717) is 61.6 Å². The fourth-order valence-electron chi connectivity index (χ4n) is 2.96. The van der Waals surface area contributed by atoms with E-state index in [1.807, 2.05) is 32.9 Å². The van der Waals surface area contributed by atoms with Crippen LogP contribution in [0, 0.1) is 0 Å². The van der Waals surface area contributed by atoms with Crippen LogP contribution in [-0.4, -0.2) is 54.8 Å². The van der Waals surface area contributed by atoms with Crippen LogP contribution in [0.25, 0.3) is 0 Å². The molecule has 0 bridgehead atoms. The number of hydrogen-bond acceptors (Lipinski definition) is 6. The fourth-order valence-corrected chi connectivity index (χ4v) is 2.96. The van der Waals surface area contributed by atoms with E-state index in [-0.39, 0.29) is 12.0 Å². The highest BCUT2D eigenvalue weighted by molar-refractivity contribution is 5.96. The van der Waals surface area contributed by atoms with Crippen LogP contribution in [0.4, 0.5) is 0 Å². The van der Waals surface area contributed by atoms with Gasteiger partial charge in [-0.15, -0.1) is 0 Å². The van der Waals surface area contributed by atoms with Crippen molar-refractivity contribution in [2.24, 2.45) is 0 Å². The maximum atomic E-state index is 12.9. The highest BCUT2D eigenvalue weighted by Crippen LogP contribution is 2.39. The Kier molecular flexibility index (Phi) is 6.57. The van der Waals surface area contributed by atoms with Crippen molar-refractivity contribution in [3.8, 4) is 23.1 Å². The van der Waals surface area contributed by atoms with Gasteiger partial charge in [0.2, 0.25) is 11.6 Å². The third-order valence-electron chi connectivity index (χ3n) is 4.22. The minimum absolute atomic E-state index is 0.0562. The lowest BCUT2D eigenvalue weighted by Crippen LogP contribution is -2.56. The van der Waals surface area contributed by atoms with Gasteiger partial charge >= 0.3 is 0 Å². The van der Waals surface area contributed by atoms with E-state index in [1.165, 1.54) is 0 Å². The van der Waals surface area contributed by atoms with Crippen LogP contribution in [0.3, 0.4) is 0 Å². The van der Waals surface area contributed by atoms with Gasteiger partial charge < -0.3 is 23.8 Å². The SMILES string of the molecule is CCOc1cc(C(=O)N2CC(Oc3ccccn3)C2)cc(OCC)c1OCC. The first kappa shape index (κ1) is 19.8. The second kappa shape index (κ2) is 9.30. The van der Waals surface area contributed by atoms with Gasteiger partial charge in [0, 0.05) is 17.8 Å². The molecular weight excluding hydrogens is 360 g/mol. The first-order valence-corrected chi connectivity index (χ1v) is 9.59. The molecule has 1 aliphatic heterocycles. The zero-order chi connectivity index (χ0) is 19.9. The van der Waals surface area contributed by atoms with Gasteiger partial charge in [-0.3, -0.25) is 4.79 Å². The summed E-state index contributed by atoms with van der Waals surface area (Å²) in [6.45, 7) is 8.10. The Bertz CT molecular complexity index is 764. The number of hydrogen-bond donors (Lipinski definition) is 0. The molecular formula is C21H26N2O5. The molecule has 0 N–H and O–H groups in total. The topological polar surface area (TPSA) is 70.1 Å². The van der Waals surface area contributed by atoms with Gasteiger partial charge in [0.15, 0.2) is 11.5 Å². The molecule has 150 valence electrons. The molecule has 1 aliphatic rings. The lowest BCUT2D eigenvalue weighted by atomic mass is 10.1. The van der Waals surface area contributed by atoms with Gasteiger partial charge in [-0.2, -0.15) is 0 Å². The molecule has 7 heteroatoms. The van der Waals surface area contributed by atoms with E-state index >= 15 is 0 Å². The molecule has 1 aromatic heterocycles. The largest absolute Gasteiger partial charge is 0.490 e. The molecule has 2 aromatic rings. The summed E-state index contributed by atoms with van der Waals surface area (Å²) in [4.78, 5) is 18.8. The molecule has 0 aliphatic carbocycles. The summed E-state index contributed by atoms with van der Waals surface area (Å²) in [5, 5.41) is 0. The molecule has 0 spiro atoms. The number of amides is 1. The van der Waals surface area contributed by atoms with Crippen molar-refractivity contribution in [1.29, 1.82) is 0 Å². The molecule has 0 atom stereocenters. The smallest absolute Gasteiger partial charge is 0.254 e. The van der Waals surface area contributed by atoms with Crippen LogP contribution in [0.5, 0.6) is 23.1 Å². The Morgan fingerprint density at radius 1 is 1.04 bits per heavy atom. The molecule has 1 fully saturated rings. The predicted octanol–water partition coefficient (Wildman–Crippen LogP) is 3.18. The van der Waals surface area contributed by atoms with Crippen molar-refractivity contribution in [1.82, 2.24) is 9.88 Å². The molecule has 28 heavy (non-hydrogen) atoms. The van der Waals surface area contributed by atoms with E-state index in [2.05, 4.69) is 4.98 Å². The van der Waals surface area contributed by atoms with Gasteiger partial charge in [-0.05, 0) is 39.0 Å². The minimum atomic E-state index is -0.0918. The van der Waals surface area contributed by atoms with E-state index in [4.69, 9.17) is 18.9 Å². The summed E-state index contributed by atoms with van der Waals surface area (Å²) in [7, 11) is 0. The van der Waals surface area contributed by atoms with Crippen LogP contribution in [-0.2, 0) is 0 Å². The molecule has 0 unspecified atom stereocenters. The Labute approximate surface area is 165 Å². The summed E-state index contributed by atoms with van der Waals surface area (Å²) in [5.74, 6) is 2.03. The number of pyridine rings is 1. The zero-order valence-electron chi connectivity index (χ0n) is 16.5. The van der Waals surface area contributed by atoms with Crippen LogP contribution >= 0.6 is 0 Å². The van der Waals surface area contributed by atoms with Gasteiger partial charge in [-0.1, -0.05) is 6.07 Å². The molecule has 1 amide bonds. The summed E-state index contributed by atoms with van der Waals surface area (Å²) < 4.78 is 22.8. The number of nitrogens with zero attached hydrogens (tertiary/aromatic N) is 2. The highest BCUT2D eigenvalue weighted by Gasteiger charge is 2.34. The summed E-state index contributed by atoms with van der Waals surface area (Å²) in [6.07, 6.45) is 1.63. The normalized spacial score (nSPS) is 13.6. The van der Waals surface area contributed by atoms with E-state index in [9.17, 15) is 4.79 Å². The summed E-state index contributed by atoms with van der Waals surface area (Å²) in [5.41, 5.74) is 0.506. The molecule has 1 aromatic carbocycles. The first-order valence-electron chi connectivity index (χ1n) is 9.59. The van der Waals surface area contributed by atoms with E-state index in [1.54, 1.807) is 29.3 Å². The van der Waals surface area contributed by atoms with Crippen LogP contribution in [0.15, 0.2) is 36.5 Å². The van der Waals surface area contributed by atoms with E-state index < -0.39 is 0 Å². The standard InChI is InChI=1S/C21H26N2O5/c1-4-25-17-11-15(12-18(26-5-2)20(17)27-6-3)21(24)23-13-16(14-23)28-19-9-7-8-10-22-19/h7-12,16H,4-6,13-14H2,1-3H3. The summed E-state index contributed by atoms with van der Waals surface area (Å²) >= 11 is 0. The molecule has 1 saturated heterocycles. The molecule has 3 rings (SSSR count). The lowest BCUT2D eigenvalue weighted by molar-refractivity contribution is 0.0159. The van der Waals surface area contributed by atoms with Crippen LogP contribution < -0.4 is 18.9 Å². The highest BCUT2D eigenvalue weighted by atomic mass is 16.5. The van der Waals surface area contributed by atoms with Crippen LogP contribution in [0.1, 0.15) is 31.1 Å². The lowest BCUT2D eigenvalue weighted by Gasteiger charge is -2.38. The van der Waals surface area contributed by atoms with Crippen molar-refractivity contribution in [2.45, 2.75) is 26.9 Å². The number of rotatable bonds is 9. The van der Waals surface area contributed by atoms with Crippen molar-refractivity contribution in [3.63, 3.8) is 0 Å². The molecule has 0 radical (unpaired) electrons. The van der Waals surface area contributed by atoms with Crippen molar-refractivity contribution in [2.75, 3.05) is 32.9 Å². The minimum Gasteiger partial charge on any atom is -0.490 e. The maximum absolute atomic E-state index is 12.9. The predicted molar refractivity (Wildman–Crippen MR) is 105 cm³/mol. The quantitative estimate of drug-likeness (QED) is 0.659. The maximum Gasteiger partial charge on any atom is 0.254 e. The first-order chi connectivity index (χ1) is 13.7. The number of carbonyl (C=O) groups is 1.